The molecule has 0 N–H and O–H groups in total. The molecule has 2 aliphatic rings. The Balaban J connectivity index is 1.41. The monoisotopic (exact) mass is 306 g/mol. The van der Waals surface area contributed by atoms with Gasteiger partial charge in [-0.2, -0.15) is 0 Å². The lowest BCUT2D eigenvalue weighted by molar-refractivity contribution is -0.191. The molecule has 2 aliphatic heterocycles. The number of hydrogen-bond donors (Lipinski definition) is 0. The zero-order valence-corrected chi connectivity index (χ0v) is 13.3. The van der Waals surface area contributed by atoms with Gasteiger partial charge < -0.3 is 18.9 Å². The summed E-state index contributed by atoms with van der Waals surface area (Å²) in [7, 11) is 0. The second-order valence-electron chi connectivity index (χ2n) is 6.05. The lowest BCUT2D eigenvalue weighted by Crippen LogP contribution is -2.39. The van der Waals surface area contributed by atoms with Crippen molar-refractivity contribution < 1.29 is 18.9 Å². The van der Waals surface area contributed by atoms with Gasteiger partial charge in [-0.1, -0.05) is 37.3 Å². The van der Waals surface area contributed by atoms with Crippen molar-refractivity contribution in [3.05, 3.63) is 35.9 Å². The van der Waals surface area contributed by atoms with Gasteiger partial charge >= 0.3 is 0 Å². The molecule has 4 nitrogen and oxygen atoms in total. The molecule has 0 radical (unpaired) electrons. The third-order valence-electron chi connectivity index (χ3n) is 4.46. The Morgan fingerprint density at radius 3 is 2.68 bits per heavy atom. The van der Waals surface area contributed by atoms with Crippen LogP contribution < -0.4 is 0 Å². The molecular formula is C18H26O4. The standard InChI is InChI=1S/C18H26O4/c1-2-16-13-18(20-11-12-21-18)17(22-16)9-6-10-19-14-15-7-4-3-5-8-15/h3-5,7-8,16-17H,2,6,9-14H2,1H3/t16-,17+/m1/s1. The summed E-state index contributed by atoms with van der Waals surface area (Å²) in [5.74, 6) is -0.486. The molecule has 0 amide bonds. The van der Waals surface area contributed by atoms with E-state index in [2.05, 4.69) is 19.1 Å². The first kappa shape index (κ1) is 15.9. The van der Waals surface area contributed by atoms with Crippen molar-refractivity contribution in [2.24, 2.45) is 0 Å². The average Bonchev–Trinajstić information content (AvgIpc) is 3.16. The number of hydrogen-bond acceptors (Lipinski definition) is 4. The van der Waals surface area contributed by atoms with E-state index in [0.717, 1.165) is 32.3 Å². The van der Waals surface area contributed by atoms with E-state index in [0.29, 0.717) is 19.8 Å². The van der Waals surface area contributed by atoms with Crippen molar-refractivity contribution >= 4 is 0 Å². The van der Waals surface area contributed by atoms with Gasteiger partial charge in [0.25, 0.3) is 0 Å². The summed E-state index contributed by atoms with van der Waals surface area (Å²) < 4.78 is 23.6. The van der Waals surface area contributed by atoms with Gasteiger partial charge in [0.1, 0.15) is 6.10 Å². The molecule has 1 aromatic carbocycles. The summed E-state index contributed by atoms with van der Waals surface area (Å²) in [4.78, 5) is 0. The Hall–Kier alpha value is -0.940. The normalized spacial score (nSPS) is 26.8. The van der Waals surface area contributed by atoms with Crippen LogP contribution in [0.5, 0.6) is 0 Å². The summed E-state index contributed by atoms with van der Waals surface area (Å²) >= 11 is 0. The fourth-order valence-corrected chi connectivity index (χ4v) is 3.27. The largest absolute Gasteiger partial charge is 0.377 e. The smallest absolute Gasteiger partial charge is 0.197 e. The lowest BCUT2D eigenvalue weighted by Gasteiger charge is -2.27. The highest BCUT2D eigenvalue weighted by Crippen LogP contribution is 2.40. The maximum Gasteiger partial charge on any atom is 0.197 e. The molecule has 3 rings (SSSR count). The fourth-order valence-electron chi connectivity index (χ4n) is 3.27. The summed E-state index contributed by atoms with van der Waals surface area (Å²) in [5, 5.41) is 0. The summed E-state index contributed by atoms with van der Waals surface area (Å²) in [6.45, 7) is 4.92. The van der Waals surface area contributed by atoms with Crippen molar-refractivity contribution in [3.8, 4) is 0 Å². The van der Waals surface area contributed by atoms with Gasteiger partial charge in [0.15, 0.2) is 5.79 Å². The first-order valence-electron chi connectivity index (χ1n) is 8.37. The van der Waals surface area contributed by atoms with Crippen molar-refractivity contribution in [1.82, 2.24) is 0 Å². The average molecular weight is 306 g/mol. The first-order chi connectivity index (χ1) is 10.8. The minimum atomic E-state index is -0.486. The SMILES string of the molecule is CC[C@@H]1CC2(OCCO2)[C@H](CCCOCc2ccccc2)O1. The van der Waals surface area contributed by atoms with Crippen molar-refractivity contribution in [3.63, 3.8) is 0 Å². The molecule has 2 fully saturated rings. The van der Waals surface area contributed by atoms with Crippen molar-refractivity contribution in [2.45, 2.75) is 57.2 Å². The highest BCUT2D eigenvalue weighted by Gasteiger charge is 2.52. The summed E-state index contributed by atoms with van der Waals surface area (Å²) in [6.07, 6.45) is 4.05. The van der Waals surface area contributed by atoms with Crippen LogP contribution in [0, 0.1) is 0 Å². The van der Waals surface area contributed by atoms with Gasteiger partial charge in [0.2, 0.25) is 0 Å². The van der Waals surface area contributed by atoms with Crippen LogP contribution in [-0.4, -0.2) is 37.8 Å². The summed E-state index contributed by atoms with van der Waals surface area (Å²) in [5.41, 5.74) is 1.21. The molecule has 4 heteroatoms. The summed E-state index contributed by atoms with van der Waals surface area (Å²) in [6, 6.07) is 10.3. The van der Waals surface area contributed by atoms with Crippen LogP contribution in [0.2, 0.25) is 0 Å². The molecule has 1 spiro atoms. The molecule has 0 aromatic heterocycles. The van der Waals surface area contributed by atoms with Crippen LogP contribution in [-0.2, 0) is 25.6 Å². The van der Waals surface area contributed by atoms with E-state index in [9.17, 15) is 0 Å². The first-order valence-corrected chi connectivity index (χ1v) is 8.37. The molecule has 2 atom stereocenters. The molecule has 0 saturated carbocycles. The van der Waals surface area contributed by atoms with Gasteiger partial charge in [-0.3, -0.25) is 0 Å². The Kier molecular flexibility index (Phi) is 5.47. The van der Waals surface area contributed by atoms with Crippen molar-refractivity contribution in [1.29, 1.82) is 0 Å². The Morgan fingerprint density at radius 2 is 1.95 bits per heavy atom. The Morgan fingerprint density at radius 1 is 1.18 bits per heavy atom. The third-order valence-corrected chi connectivity index (χ3v) is 4.46. The minimum absolute atomic E-state index is 0.0419. The van der Waals surface area contributed by atoms with Crippen LogP contribution in [0.3, 0.4) is 0 Å². The van der Waals surface area contributed by atoms with Gasteiger partial charge in [-0.25, -0.2) is 0 Å². The predicted octanol–water partition coefficient (Wildman–Crippen LogP) is 3.29. The molecular weight excluding hydrogens is 280 g/mol. The third kappa shape index (κ3) is 3.69. The molecule has 2 saturated heterocycles. The van der Waals surface area contributed by atoms with Crippen LogP contribution in [0.25, 0.3) is 0 Å². The van der Waals surface area contributed by atoms with Gasteiger partial charge in [0.05, 0.1) is 25.9 Å². The molecule has 0 aliphatic carbocycles. The zero-order chi connectivity index (χ0) is 15.3. The Labute approximate surface area is 132 Å². The van der Waals surface area contributed by atoms with E-state index in [1.54, 1.807) is 0 Å². The molecule has 0 unspecified atom stereocenters. The fraction of sp³-hybridized carbons (Fsp3) is 0.667. The zero-order valence-electron chi connectivity index (χ0n) is 13.3. The number of benzene rings is 1. The quantitative estimate of drug-likeness (QED) is 0.724. The molecule has 2 heterocycles. The lowest BCUT2D eigenvalue weighted by atomic mass is 10.0. The van der Waals surface area contributed by atoms with E-state index in [-0.39, 0.29) is 12.2 Å². The predicted molar refractivity (Wildman–Crippen MR) is 83.5 cm³/mol. The molecule has 0 bridgehead atoms. The minimum Gasteiger partial charge on any atom is -0.377 e. The number of ether oxygens (including phenoxy) is 4. The van der Waals surface area contributed by atoms with Gasteiger partial charge in [-0.05, 0) is 24.8 Å². The molecule has 1 aromatic rings. The van der Waals surface area contributed by atoms with E-state index >= 15 is 0 Å². The highest BCUT2D eigenvalue weighted by molar-refractivity contribution is 5.13. The van der Waals surface area contributed by atoms with Crippen LogP contribution in [0.15, 0.2) is 30.3 Å². The van der Waals surface area contributed by atoms with Gasteiger partial charge in [0, 0.05) is 13.0 Å². The maximum absolute atomic E-state index is 6.11. The van der Waals surface area contributed by atoms with Crippen molar-refractivity contribution in [2.75, 3.05) is 19.8 Å². The Bertz CT molecular complexity index is 442. The second kappa shape index (κ2) is 7.55. The number of rotatable bonds is 7. The molecule has 122 valence electrons. The van der Waals surface area contributed by atoms with Crippen LogP contribution in [0.4, 0.5) is 0 Å². The van der Waals surface area contributed by atoms with E-state index < -0.39 is 5.79 Å². The van der Waals surface area contributed by atoms with Crippen LogP contribution >= 0.6 is 0 Å². The van der Waals surface area contributed by atoms with E-state index in [4.69, 9.17) is 18.9 Å². The van der Waals surface area contributed by atoms with E-state index in [1.165, 1.54) is 5.56 Å². The van der Waals surface area contributed by atoms with E-state index in [1.807, 2.05) is 18.2 Å². The topological polar surface area (TPSA) is 36.9 Å². The second-order valence-corrected chi connectivity index (χ2v) is 6.05. The van der Waals surface area contributed by atoms with Gasteiger partial charge in [-0.15, -0.1) is 0 Å². The van der Waals surface area contributed by atoms with Crippen LogP contribution in [0.1, 0.15) is 38.2 Å². The molecule has 22 heavy (non-hydrogen) atoms. The maximum atomic E-state index is 6.11. The highest BCUT2D eigenvalue weighted by atomic mass is 16.8.